The number of nitrogen functional groups attached to an aromatic ring is 1. The summed E-state index contributed by atoms with van der Waals surface area (Å²) < 4.78 is 1.80. The highest BCUT2D eigenvalue weighted by atomic mass is 16.1. The van der Waals surface area contributed by atoms with Gasteiger partial charge in [-0.2, -0.15) is 0 Å². The number of anilines is 1. The lowest BCUT2D eigenvalue weighted by atomic mass is 9.98. The van der Waals surface area contributed by atoms with Crippen molar-refractivity contribution in [1.82, 2.24) is 9.47 Å². The van der Waals surface area contributed by atoms with Crippen LogP contribution in [0.1, 0.15) is 25.8 Å². The largest absolute Gasteiger partial charge is 0.385 e. The maximum atomic E-state index is 12.7. The van der Waals surface area contributed by atoms with Gasteiger partial charge in [0.25, 0.3) is 5.56 Å². The Balaban J connectivity index is 2.10. The Labute approximate surface area is 118 Å². The van der Waals surface area contributed by atoms with E-state index in [1.807, 2.05) is 30.3 Å². The lowest BCUT2D eigenvalue weighted by Gasteiger charge is -2.36. The first-order valence-electron chi connectivity index (χ1n) is 7.18. The molecule has 1 aromatic carbocycles. The molecule has 2 atom stereocenters. The van der Waals surface area contributed by atoms with Gasteiger partial charge < -0.3 is 10.6 Å². The number of fused-ring (bicyclic) bond motifs is 1. The third kappa shape index (κ3) is 2.10. The number of piperidine rings is 1. The molecule has 4 heteroatoms. The minimum Gasteiger partial charge on any atom is -0.385 e. The van der Waals surface area contributed by atoms with E-state index in [4.69, 9.17) is 5.73 Å². The zero-order chi connectivity index (χ0) is 14.3. The number of hydrogen-bond donors (Lipinski definition) is 1. The van der Waals surface area contributed by atoms with Crippen LogP contribution in [0.3, 0.4) is 0 Å². The van der Waals surface area contributed by atoms with Crippen molar-refractivity contribution in [2.75, 3.05) is 19.3 Å². The second kappa shape index (κ2) is 4.94. The first kappa shape index (κ1) is 13.2. The summed E-state index contributed by atoms with van der Waals surface area (Å²) in [6.45, 7) is 3.21. The van der Waals surface area contributed by atoms with Crippen molar-refractivity contribution >= 4 is 16.6 Å². The van der Waals surface area contributed by atoms with Crippen molar-refractivity contribution in [3.05, 3.63) is 40.7 Å². The third-order valence-electron chi connectivity index (χ3n) is 4.54. The second-order valence-electron chi connectivity index (χ2n) is 5.84. The summed E-state index contributed by atoms with van der Waals surface area (Å²) in [4.78, 5) is 15.0. The van der Waals surface area contributed by atoms with E-state index in [0.29, 0.717) is 11.9 Å². The van der Waals surface area contributed by atoms with Crippen LogP contribution in [0.5, 0.6) is 0 Å². The first-order valence-corrected chi connectivity index (χ1v) is 7.18. The minimum atomic E-state index is 0.0438. The molecule has 0 amide bonds. The molecule has 3 rings (SSSR count). The van der Waals surface area contributed by atoms with Gasteiger partial charge in [-0.1, -0.05) is 18.2 Å². The van der Waals surface area contributed by atoms with Crippen LogP contribution in [0.25, 0.3) is 10.8 Å². The number of pyridine rings is 1. The molecule has 1 aliphatic heterocycles. The quantitative estimate of drug-likeness (QED) is 0.865. The van der Waals surface area contributed by atoms with Crippen molar-refractivity contribution in [2.45, 2.75) is 31.8 Å². The Hall–Kier alpha value is -1.81. The van der Waals surface area contributed by atoms with Gasteiger partial charge in [-0.05, 0) is 44.3 Å². The maximum absolute atomic E-state index is 12.7. The Morgan fingerprint density at radius 2 is 2.05 bits per heavy atom. The highest BCUT2D eigenvalue weighted by molar-refractivity contribution is 5.83. The number of nitrogens with zero attached hydrogens (tertiary/aromatic N) is 2. The van der Waals surface area contributed by atoms with Crippen LogP contribution in [-0.2, 0) is 0 Å². The molecular formula is C16H21N3O. The van der Waals surface area contributed by atoms with Gasteiger partial charge in [0.2, 0.25) is 0 Å². The predicted octanol–water partition coefficient (Wildman–Crippen LogP) is 2.24. The van der Waals surface area contributed by atoms with Gasteiger partial charge in [0.1, 0.15) is 5.82 Å². The van der Waals surface area contributed by atoms with Gasteiger partial charge in [-0.3, -0.25) is 9.36 Å². The highest BCUT2D eigenvalue weighted by Crippen LogP contribution is 2.27. The van der Waals surface area contributed by atoms with E-state index in [-0.39, 0.29) is 11.6 Å². The van der Waals surface area contributed by atoms with Crippen molar-refractivity contribution < 1.29 is 0 Å². The van der Waals surface area contributed by atoms with E-state index in [1.54, 1.807) is 4.57 Å². The van der Waals surface area contributed by atoms with Crippen molar-refractivity contribution in [2.24, 2.45) is 0 Å². The van der Waals surface area contributed by atoms with E-state index >= 15 is 0 Å². The summed E-state index contributed by atoms with van der Waals surface area (Å²) >= 11 is 0. The molecule has 0 spiro atoms. The number of nitrogens with two attached hydrogens (primary N) is 1. The average molecular weight is 271 g/mol. The monoisotopic (exact) mass is 271 g/mol. The zero-order valence-electron chi connectivity index (χ0n) is 12.0. The molecule has 1 saturated heterocycles. The maximum Gasteiger partial charge on any atom is 0.260 e. The molecule has 1 aromatic heterocycles. The fourth-order valence-corrected chi connectivity index (χ4v) is 3.17. The van der Waals surface area contributed by atoms with Crippen molar-refractivity contribution in [3.8, 4) is 0 Å². The molecule has 0 bridgehead atoms. The Morgan fingerprint density at radius 3 is 2.80 bits per heavy atom. The van der Waals surface area contributed by atoms with E-state index in [0.717, 1.165) is 30.2 Å². The standard InChI is InChI=1S/C16H21N3O/c1-11-9-13(7-8-18(11)2)19-15(17)10-12-5-3-4-6-14(12)16(19)20/h3-6,10-11,13H,7-9,17H2,1-2H3. The third-order valence-corrected chi connectivity index (χ3v) is 4.54. The minimum absolute atomic E-state index is 0.0438. The zero-order valence-corrected chi connectivity index (χ0v) is 12.0. The molecule has 0 aliphatic carbocycles. The van der Waals surface area contributed by atoms with Gasteiger partial charge >= 0.3 is 0 Å². The molecule has 1 aliphatic rings. The molecule has 20 heavy (non-hydrogen) atoms. The van der Waals surface area contributed by atoms with Crippen LogP contribution < -0.4 is 11.3 Å². The summed E-state index contributed by atoms with van der Waals surface area (Å²) in [6, 6.07) is 10.3. The average Bonchev–Trinajstić information content (AvgIpc) is 2.43. The number of likely N-dealkylation sites (tertiary alicyclic amines) is 1. The van der Waals surface area contributed by atoms with Crippen molar-refractivity contribution in [3.63, 3.8) is 0 Å². The van der Waals surface area contributed by atoms with Gasteiger partial charge in [0.05, 0.1) is 0 Å². The molecule has 2 heterocycles. The fraction of sp³-hybridized carbons (Fsp3) is 0.438. The van der Waals surface area contributed by atoms with Crippen LogP contribution in [0, 0.1) is 0 Å². The van der Waals surface area contributed by atoms with Crippen molar-refractivity contribution in [1.29, 1.82) is 0 Å². The summed E-state index contributed by atoms with van der Waals surface area (Å²) in [7, 11) is 2.13. The molecule has 0 saturated carbocycles. The Morgan fingerprint density at radius 1 is 1.30 bits per heavy atom. The topological polar surface area (TPSA) is 51.3 Å². The summed E-state index contributed by atoms with van der Waals surface area (Å²) in [5, 5.41) is 1.68. The van der Waals surface area contributed by atoms with E-state index in [2.05, 4.69) is 18.9 Å². The summed E-state index contributed by atoms with van der Waals surface area (Å²) in [5.74, 6) is 0.579. The summed E-state index contributed by atoms with van der Waals surface area (Å²) in [6.07, 6.45) is 1.95. The van der Waals surface area contributed by atoms with Gasteiger partial charge in [-0.15, -0.1) is 0 Å². The smallest absolute Gasteiger partial charge is 0.260 e. The highest BCUT2D eigenvalue weighted by Gasteiger charge is 2.26. The molecule has 2 aromatic rings. The van der Waals surface area contributed by atoms with E-state index in [9.17, 15) is 4.79 Å². The number of benzene rings is 1. The van der Waals surface area contributed by atoms with Crippen LogP contribution in [0.4, 0.5) is 5.82 Å². The van der Waals surface area contributed by atoms with Crippen LogP contribution in [-0.4, -0.2) is 29.1 Å². The first-order chi connectivity index (χ1) is 9.58. The molecular weight excluding hydrogens is 250 g/mol. The second-order valence-corrected chi connectivity index (χ2v) is 5.84. The molecule has 0 radical (unpaired) electrons. The number of aromatic nitrogens is 1. The number of hydrogen-bond acceptors (Lipinski definition) is 3. The SMILES string of the molecule is CC1CC(n2c(N)cc3ccccc3c2=O)CCN1C. The van der Waals surface area contributed by atoms with Crippen LogP contribution in [0.2, 0.25) is 0 Å². The Kier molecular flexibility index (Phi) is 3.26. The number of rotatable bonds is 1. The molecule has 1 fully saturated rings. The van der Waals surface area contributed by atoms with Crippen LogP contribution in [0.15, 0.2) is 35.1 Å². The fourth-order valence-electron chi connectivity index (χ4n) is 3.17. The van der Waals surface area contributed by atoms with Gasteiger partial charge in [0, 0.05) is 24.0 Å². The Bertz CT molecular complexity index is 692. The summed E-state index contributed by atoms with van der Waals surface area (Å²) in [5.41, 5.74) is 6.19. The molecule has 2 unspecified atom stereocenters. The lowest BCUT2D eigenvalue weighted by Crippen LogP contribution is -2.41. The predicted molar refractivity (Wildman–Crippen MR) is 83.0 cm³/mol. The molecule has 106 valence electrons. The van der Waals surface area contributed by atoms with Gasteiger partial charge in [0.15, 0.2) is 0 Å². The molecule has 2 N–H and O–H groups in total. The van der Waals surface area contributed by atoms with E-state index < -0.39 is 0 Å². The lowest BCUT2D eigenvalue weighted by molar-refractivity contribution is 0.156. The van der Waals surface area contributed by atoms with Crippen LogP contribution >= 0.6 is 0 Å². The molecule has 4 nitrogen and oxygen atoms in total. The van der Waals surface area contributed by atoms with Gasteiger partial charge in [-0.25, -0.2) is 0 Å². The van der Waals surface area contributed by atoms with E-state index in [1.165, 1.54) is 0 Å². The normalized spacial score (nSPS) is 24.1.